The summed E-state index contributed by atoms with van der Waals surface area (Å²) in [6.07, 6.45) is 0.790. The Morgan fingerprint density at radius 2 is 1.58 bits per heavy atom. The second kappa shape index (κ2) is 12.7. The third-order valence-electron chi connectivity index (χ3n) is 4.54. The van der Waals surface area contributed by atoms with Crippen LogP contribution < -0.4 is 20.1 Å². The fourth-order valence-corrected chi connectivity index (χ4v) is 3.66. The minimum atomic E-state index is -3.42. The summed E-state index contributed by atoms with van der Waals surface area (Å²) in [7, 11) is 4.56. The summed E-state index contributed by atoms with van der Waals surface area (Å²) in [4.78, 5) is 4.49. The highest BCUT2D eigenvalue weighted by Crippen LogP contribution is 2.27. The molecule has 0 unspecified atom stereocenters. The van der Waals surface area contributed by atoms with Crippen molar-refractivity contribution < 1.29 is 17.9 Å². The van der Waals surface area contributed by atoms with Gasteiger partial charge in [0.15, 0.2) is 17.5 Å². The van der Waals surface area contributed by atoms with Crippen LogP contribution in [0.2, 0.25) is 0 Å². The number of halogens is 1. The first-order valence-corrected chi connectivity index (χ1v) is 10.9. The third kappa shape index (κ3) is 7.54. The Morgan fingerprint density at radius 1 is 0.968 bits per heavy atom. The summed E-state index contributed by atoms with van der Waals surface area (Å²) in [6.45, 7) is 1.22. The van der Waals surface area contributed by atoms with E-state index >= 15 is 0 Å². The number of hydrogen-bond acceptors (Lipinski definition) is 5. The maximum absolute atomic E-state index is 12.1. The van der Waals surface area contributed by atoms with Crippen LogP contribution in [0.15, 0.2) is 52.4 Å². The van der Waals surface area contributed by atoms with Gasteiger partial charge in [0.2, 0.25) is 10.0 Å². The minimum absolute atomic E-state index is 0. The smallest absolute Gasteiger partial charge is 0.242 e. The Bertz CT molecular complexity index is 964. The highest BCUT2D eigenvalue weighted by Gasteiger charge is 2.16. The fraction of sp³-hybridized carbons (Fsp3) is 0.381. The predicted molar refractivity (Wildman–Crippen MR) is 134 cm³/mol. The molecule has 0 amide bonds. The van der Waals surface area contributed by atoms with Crippen LogP contribution in [0.3, 0.4) is 0 Å². The second-order valence-corrected chi connectivity index (χ2v) is 8.88. The zero-order valence-corrected chi connectivity index (χ0v) is 21.7. The largest absolute Gasteiger partial charge is 0.493 e. The van der Waals surface area contributed by atoms with E-state index in [2.05, 4.69) is 15.6 Å². The number of benzene rings is 2. The van der Waals surface area contributed by atoms with Gasteiger partial charge in [-0.25, -0.2) is 12.7 Å². The number of aliphatic imine (C=N–C) groups is 1. The minimum Gasteiger partial charge on any atom is -0.493 e. The zero-order chi connectivity index (χ0) is 22.1. The Hall–Kier alpha value is -2.05. The molecule has 0 aliphatic heterocycles. The first-order valence-electron chi connectivity index (χ1n) is 9.48. The second-order valence-electron chi connectivity index (χ2n) is 6.72. The van der Waals surface area contributed by atoms with Crippen molar-refractivity contribution in [2.45, 2.75) is 17.9 Å². The summed E-state index contributed by atoms with van der Waals surface area (Å²) >= 11 is 0. The molecule has 0 bridgehead atoms. The normalized spacial score (nSPS) is 11.6. The van der Waals surface area contributed by atoms with Crippen LogP contribution in [0.4, 0.5) is 0 Å². The maximum atomic E-state index is 12.1. The number of hydrogen-bond donors (Lipinski definition) is 2. The van der Waals surface area contributed by atoms with Crippen molar-refractivity contribution in [1.29, 1.82) is 0 Å². The average molecular weight is 562 g/mol. The summed E-state index contributed by atoms with van der Waals surface area (Å²) in [5, 5.41) is 6.50. The van der Waals surface area contributed by atoms with Crippen LogP contribution in [-0.2, 0) is 23.0 Å². The topological polar surface area (TPSA) is 92.3 Å². The lowest BCUT2D eigenvalue weighted by Crippen LogP contribution is -2.37. The molecule has 2 N–H and O–H groups in total. The lowest BCUT2D eigenvalue weighted by Gasteiger charge is -2.14. The number of rotatable bonds is 9. The van der Waals surface area contributed by atoms with Gasteiger partial charge in [-0.3, -0.25) is 4.99 Å². The average Bonchev–Trinajstić information content (AvgIpc) is 2.76. The van der Waals surface area contributed by atoms with Gasteiger partial charge >= 0.3 is 0 Å². The van der Waals surface area contributed by atoms with Crippen LogP contribution in [0, 0.1) is 0 Å². The van der Waals surface area contributed by atoms with Gasteiger partial charge < -0.3 is 20.1 Å². The van der Waals surface area contributed by atoms with Crippen molar-refractivity contribution in [3.8, 4) is 11.5 Å². The van der Waals surface area contributed by atoms with Crippen molar-refractivity contribution >= 4 is 40.0 Å². The lowest BCUT2D eigenvalue weighted by molar-refractivity contribution is 0.354. The SMILES string of the molecule is CN=C(NCCc1ccc(OC)c(OC)c1)NCc1ccc(S(=O)(=O)N(C)C)cc1.I. The van der Waals surface area contributed by atoms with Gasteiger partial charge in [-0.15, -0.1) is 24.0 Å². The number of sulfonamides is 1. The van der Waals surface area contributed by atoms with E-state index in [0.717, 1.165) is 17.5 Å². The Labute approximate surface area is 202 Å². The molecule has 0 aliphatic carbocycles. The molecule has 0 heterocycles. The van der Waals surface area contributed by atoms with Crippen LogP contribution in [0.1, 0.15) is 11.1 Å². The van der Waals surface area contributed by atoms with Crippen molar-refractivity contribution in [2.24, 2.45) is 4.99 Å². The van der Waals surface area contributed by atoms with Gasteiger partial charge in [-0.1, -0.05) is 18.2 Å². The highest BCUT2D eigenvalue weighted by molar-refractivity contribution is 14.0. The summed E-state index contributed by atoms with van der Waals surface area (Å²) in [5.41, 5.74) is 2.07. The molecule has 0 radical (unpaired) electrons. The van der Waals surface area contributed by atoms with Crippen molar-refractivity contribution in [2.75, 3.05) is 41.9 Å². The van der Waals surface area contributed by atoms with E-state index in [1.807, 2.05) is 18.2 Å². The van der Waals surface area contributed by atoms with Gasteiger partial charge in [0.1, 0.15) is 0 Å². The first-order chi connectivity index (χ1) is 14.3. The Balaban J connectivity index is 0.00000480. The van der Waals surface area contributed by atoms with E-state index in [0.29, 0.717) is 30.5 Å². The van der Waals surface area contributed by atoms with Crippen molar-refractivity contribution in [3.05, 3.63) is 53.6 Å². The molecule has 2 rings (SSSR count). The molecule has 0 saturated carbocycles. The monoisotopic (exact) mass is 562 g/mol. The fourth-order valence-electron chi connectivity index (χ4n) is 2.76. The molecule has 0 spiro atoms. The van der Waals surface area contributed by atoms with Gasteiger partial charge in [0.05, 0.1) is 19.1 Å². The zero-order valence-electron chi connectivity index (χ0n) is 18.5. The predicted octanol–water partition coefficient (Wildman–Crippen LogP) is 2.48. The lowest BCUT2D eigenvalue weighted by atomic mass is 10.1. The number of ether oxygens (including phenoxy) is 2. The Morgan fingerprint density at radius 3 is 2.13 bits per heavy atom. The van der Waals surface area contributed by atoms with Crippen LogP contribution in [0.25, 0.3) is 0 Å². The third-order valence-corrected chi connectivity index (χ3v) is 6.37. The first kappa shape index (κ1) is 27.0. The molecule has 0 saturated heterocycles. The summed E-state index contributed by atoms with van der Waals surface area (Å²) in [5.74, 6) is 2.08. The van der Waals surface area contributed by atoms with E-state index in [4.69, 9.17) is 9.47 Å². The molecule has 2 aromatic carbocycles. The maximum Gasteiger partial charge on any atom is 0.242 e. The van der Waals surface area contributed by atoms with E-state index in [9.17, 15) is 8.42 Å². The van der Waals surface area contributed by atoms with Gasteiger partial charge in [-0.05, 0) is 41.8 Å². The molecule has 0 aromatic heterocycles. The molecular weight excluding hydrogens is 531 g/mol. The molecule has 10 heteroatoms. The van der Waals surface area contributed by atoms with E-state index in [1.54, 1.807) is 45.5 Å². The molecule has 8 nitrogen and oxygen atoms in total. The standard InChI is InChI=1S/C21H30N4O4S.HI/c1-22-21(23-13-12-16-8-11-19(28-4)20(14-16)29-5)24-15-17-6-9-18(10-7-17)30(26,27)25(2)3;/h6-11,14H,12-13,15H2,1-5H3,(H2,22,23,24);1H. The molecule has 172 valence electrons. The number of guanidine groups is 1. The van der Waals surface area contributed by atoms with Crippen LogP contribution in [-0.4, -0.2) is 60.6 Å². The van der Waals surface area contributed by atoms with Crippen LogP contribution in [0.5, 0.6) is 11.5 Å². The molecule has 0 aliphatic rings. The van der Waals surface area contributed by atoms with Crippen molar-refractivity contribution in [3.63, 3.8) is 0 Å². The number of nitrogens with one attached hydrogen (secondary N) is 2. The van der Waals surface area contributed by atoms with E-state index in [-0.39, 0.29) is 28.9 Å². The Kier molecular flexibility index (Phi) is 11.1. The molecule has 2 aromatic rings. The molecule has 0 atom stereocenters. The van der Waals surface area contributed by atoms with Crippen molar-refractivity contribution in [1.82, 2.24) is 14.9 Å². The quantitative estimate of drug-likeness (QED) is 0.277. The molecule has 31 heavy (non-hydrogen) atoms. The number of methoxy groups -OCH3 is 2. The van der Waals surface area contributed by atoms with E-state index in [1.165, 1.54) is 18.4 Å². The van der Waals surface area contributed by atoms with Gasteiger partial charge in [0, 0.05) is 34.2 Å². The van der Waals surface area contributed by atoms with Gasteiger partial charge in [0.25, 0.3) is 0 Å². The highest BCUT2D eigenvalue weighted by atomic mass is 127. The molecule has 0 fully saturated rings. The molecular formula is C21H31IN4O4S. The summed E-state index contributed by atoms with van der Waals surface area (Å²) in [6, 6.07) is 12.7. The van der Waals surface area contributed by atoms with Gasteiger partial charge in [-0.2, -0.15) is 0 Å². The van der Waals surface area contributed by atoms with Crippen LogP contribution >= 0.6 is 24.0 Å². The number of nitrogens with zero attached hydrogens (tertiary/aromatic N) is 2. The van der Waals surface area contributed by atoms with E-state index < -0.39 is 10.0 Å². The summed E-state index contributed by atoms with van der Waals surface area (Å²) < 4.78 is 36.1.